The Morgan fingerprint density at radius 2 is 1.92 bits per heavy atom. The van der Waals surface area contributed by atoms with Gasteiger partial charge in [-0.1, -0.05) is 31.4 Å². The van der Waals surface area contributed by atoms with Crippen LogP contribution >= 0.6 is 24.0 Å². The van der Waals surface area contributed by atoms with Crippen LogP contribution in [0.4, 0.5) is 0 Å². The maximum atomic E-state index is 10.3. The van der Waals surface area contributed by atoms with Gasteiger partial charge in [0.2, 0.25) is 0 Å². The van der Waals surface area contributed by atoms with Crippen molar-refractivity contribution in [3.63, 3.8) is 0 Å². The molecular weight excluding hydrogens is 417 g/mol. The molecule has 0 aliphatic heterocycles. The molecule has 0 spiro atoms. The molecule has 1 atom stereocenters. The molecule has 136 valence electrons. The van der Waals surface area contributed by atoms with Crippen LogP contribution < -0.4 is 15.4 Å². The normalized spacial score (nSPS) is 16.9. The number of guanidine groups is 1. The Bertz CT molecular complexity index is 488. The van der Waals surface area contributed by atoms with Gasteiger partial charge in [-0.2, -0.15) is 0 Å². The number of aliphatic imine (C=N–C) groups is 1. The number of rotatable bonds is 6. The predicted molar refractivity (Wildman–Crippen MR) is 109 cm³/mol. The fraction of sp³-hybridized carbons (Fsp3) is 0.611. The average Bonchev–Trinajstić information content (AvgIpc) is 2.60. The van der Waals surface area contributed by atoms with Crippen LogP contribution in [0.2, 0.25) is 0 Å². The molecule has 2 rings (SSSR count). The Morgan fingerprint density at radius 1 is 1.25 bits per heavy atom. The van der Waals surface area contributed by atoms with Crippen LogP contribution in [0.1, 0.15) is 50.7 Å². The molecule has 1 aromatic rings. The Morgan fingerprint density at radius 3 is 2.50 bits per heavy atom. The van der Waals surface area contributed by atoms with Crippen molar-refractivity contribution in [3.05, 3.63) is 29.8 Å². The van der Waals surface area contributed by atoms with Crippen molar-refractivity contribution in [2.24, 2.45) is 4.99 Å². The molecule has 0 heterocycles. The lowest BCUT2D eigenvalue weighted by Gasteiger charge is -2.25. The molecule has 1 saturated carbocycles. The van der Waals surface area contributed by atoms with Crippen LogP contribution in [-0.4, -0.2) is 37.3 Å². The van der Waals surface area contributed by atoms with E-state index in [1.165, 1.54) is 32.1 Å². The number of aliphatic hydroxyl groups excluding tert-OH is 1. The standard InChI is InChI=1S/C18H29N3O2.HI/c1-3-19-18(21-15-7-5-4-6-8-15)20-13-17(22)14-9-11-16(23-2)12-10-14;/h9-12,15,17,22H,3-8,13H2,1-2H3,(H2,19,20,21);1H. The number of nitrogens with one attached hydrogen (secondary N) is 2. The summed E-state index contributed by atoms with van der Waals surface area (Å²) in [7, 11) is 1.63. The van der Waals surface area contributed by atoms with Gasteiger partial charge in [0.15, 0.2) is 5.96 Å². The summed E-state index contributed by atoms with van der Waals surface area (Å²) in [6, 6.07) is 7.96. The maximum Gasteiger partial charge on any atom is 0.191 e. The highest BCUT2D eigenvalue weighted by atomic mass is 127. The van der Waals surface area contributed by atoms with Crippen molar-refractivity contribution in [3.8, 4) is 5.75 Å². The Balaban J connectivity index is 0.00000288. The number of benzene rings is 1. The summed E-state index contributed by atoms with van der Waals surface area (Å²) in [6.07, 6.45) is 5.69. The van der Waals surface area contributed by atoms with Crippen molar-refractivity contribution in [2.45, 2.75) is 51.2 Å². The summed E-state index contributed by atoms with van der Waals surface area (Å²) >= 11 is 0. The van der Waals surface area contributed by atoms with Crippen LogP contribution in [-0.2, 0) is 0 Å². The van der Waals surface area contributed by atoms with Gasteiger partial charge in [-0.3, -0.25) is 4.99 Å². The third-order valence-electron chi connectivity index (χ3n) is 4.21. The fourth-order valence-corrected chi connectivity index (χ4v) is 2.87. The van der Waals surface area contributed by atoms with Gasteiger partial charge >= 0.3 is 0 Å². The Kier molecular flexibility index (Phi) is 10.1. The van der Waals surface area contributed by atoms with Crippen LogP contribution in [0.25, 0.3) is 0 Å². The second-order valence-corrected chi connectivity index (χ2v) is 5.99. The van der Waals surface area contributed by atoms with Gasteiger partial charge in [-0.05, 0) is 37.5 Å². The highest BCUT2D eigenvalue weighted by Crippen LogP contribution is 2.19. The molecule has 5 nitrogen and oxygen atoms in total. The maximum absolute atomic E-state index is 10.3. The number of aliphatic hydroxyl groups is 1. The lowest BCUT2D eigenvalue weighted by atomic mass is 9.96. The van der Waals surface area contributed by atoms with Crippen LogP contribution in [0.3, 0.4) is 0 Å². The SMILES string of the molecule is CCNC(=NCC(O)c1ccc(OC)cc1)NC1CCCCC1.I. The lowest BCUT2D eigenvalue weighted by Crippen LogP contribution is -2.44. The van der Waals surface area contributed by atoms with Gasteiger partial charge < -0.3 is 20.5 Å². The summed E-state index contributed by atoms with van der Waals surface area (Å²) in [5.41, 5.74) is 0.850. The molecule has 1 aromatic carbocycles. The average molecular weight is 447 g/mol. The topological polar surface area (TPSA) is 65.9 Å². The molecule has 1 fully saturated rings. The summed E-state index contributed by atoms with van der Waals surface area (Å²) in [6.45, 7) is 3.21. The van der Waals surface area contributed by atoms with E-state index in [2.05, 4.69) is 22.5 Å². The van der Waals surface area contributed by atoms with E-state index in [0.717, 1.165) is 23.8 Å². The predicted octanol–water partition coefficient (Wildman–Crippen LogP) is 3.23. The van der Waals surface area contributed by atoms with E-state index < -0.39 is 6.10 Å². The van der Waals surface area contributed by atoms with Crippen molar-refractivity contribution < 1.29 is 9.84 Å². The Labute approximate surface area is 162 Å². The summed E-state index contributed by atoms with van der Waals surface area (Å²) < 4.78 is 5.13. The third kappa shape index (κ3) is 6.84. The van der Waals surface area contributed by atoms with Crippen LogP contribution in [0, 0.1) is 0 Å². The molecule has 1 aliphatic carbocycles. The summed E-state index contributed by atoms with van der Waals surface area (Å²) in [5, 5.41) is 17.1. The van der Waals surface area contributed by atoms with E-state index in [-0.39, 0.29) is 24.0 Å². The molecular formula is C18H30IN3O2. The van der Waals surface area contributed by atoms with Gasteiger partial charge in [-0.25, -0.2) is 0 Å². The van der Waals surface area contributed by atoms with Crippen LogP contribution in [0.15, 0.2) is 29.3 Å². The summed E-state index contributed by atoms with van der Waals surface area (Å²) in [4.78, 5) is 4.54. The third-order valence-corrected chi connectivity index (χ3v) is 4.21. The largest absolute Gasteiger partial charge is 0.497 e. The molecule has 0 bridgehead atoms. The molecule has 24 heavy (non-hydrogen) atoms. The first-order valence-corrected chi connectivity index (χ1v) is 8.59. The van der Waals surface area contributed by atoms with Gasteiger partial charge in [0.1, 0.15) is 5.75 Å². The number of ether oxygens (including phenoxy) is 1. The van der Waals surface area contributed by atoms with E-state index in [1.54, 1.807) is 7.11 Å². The van der Waals surface area contributed by atoms with Gasteiger partial charge in [-0.15, -0.1) is 24.0 Å². The zero-order valence-electron chi connectivity index (χ0n) is 14.6. The first-order chi connectivity index (χ1) is 11.2. The minimum absolute atomic E-state index is 0. The van der Waals surface area contributed by atoms with Crippen molar-refractivity contribution >= 4 is 29.9 Å². The molecule has 0 saturated heterocycles. The number of nitrogens with zero attached hydrogens (tertiary/aromatic N) is 1. The highest BCUT2D eigenvalue weighted by molar-refractivity contribution is 14.0. The minimum Gasteiger partial charge on any atom is -0.497 e. The van der Waals surface area contributed by atoms with Crippen molar-refractivity contribution in [2.75, 3.05) is 20.2 Å². The molecule has 0 aromatic heterocycles. The van der Waals surface area contributed by atoms with E-state index in [4.69, 9.17) is 4.74 Å². The van der Waals surface area contributed by atoms with E-state index in [9.17, 15) is 5.11 Å². The molecule has 6 heteroatoms. The van der Waals surface area contributed by atoms with Crippen LogP contribution in [0.5, 0.6) is 5.75 Å². The molecule has 1 unspecified atom stereocenters. The van der Waals surface area contributed by atoms with E-state index in [0.29, 0.717) is 12.6 Å². The van der Waals surface area contributed by atoms with Gasteiger partial charge in [0, 0.05) is 12.6 Å². The second-order valence-electron chi connectivity index (χ2n) is 5.99. The smallest absolute Gasteiger partial charge is 0.191 e. The number of methoxy groups -OCH3 is 1. The number of hydrogen-bond donors (Lipinski definition) is 3. The fourth-order valence-electron chi connectivity index (χ4n) is 2.87. The van der Waals surface area contributed by atoms with E-state index in [1.807, 2.05) is 24.3 Å². The first-order valence-electron chi connectivity index (χ1n) is 8.59. The highest BCUT2D eigenvalue weighted by Gasteiger charge is 2.15. The van der Waals surface area contributed by atoms with Crippen molar-refractivity contribution in [1.29, 1.82) is 0 Å². The molecule has 1 aliphatic rings. The zero-order valence-corrected chi connectivity index (χ0v) is 17.0. The lowest BCUT2D eigenvalue weighted by molar-refractivity contribution is 0.187. The van der Waals surface area contributed by atoms with Crippen molar-refractivity contribution in [1.82, 2.24) is 10.6 Å². The second kappa shape index (κ2) is 11.5. The summed E-state index contributed by atoms with van der Waals surface area (Å²) in [5.74, 6) is 1.59. The Hall–Kier alpha value is -1.02. The monoisotopic (exact) mass is 447 g/mol. The van der Waals surface area contributed by atoms with Gasteiger partial charge in [0.05, 0.1) is 19.8 Å². The van der Waals surface area contributed by atoms with E-state index >= 15 is 0 Å². The quantitative estimate of drug-likeness (QED) is 0.356. The molecule has 3 N–H and O–H groups in total. The number of hydrogen-bond acceptors (Lipinski definition) is 3. The number of halogens is 1. The molecule has 0 radical (unpaired) electrons. The minimum atomic E-state index is -0.609. The zero-order chi connectivity index (χ0) is 16.5. The molecule has 0 amide bonds. The first kappa shape index (κ1) is 21.0. The van der Waals surface area contributed by atoms with Gasteiger partial charge in [0.25, 0.3) is 0 Å².